The average molecular weight is 309 g/mol. The Balaban J connectivity index is 2.04. The number of H-pyrrole nitrogens is 1. The minimum atomic E-state index is -0.292. The van der Waals surface area contributed by atoms with Crippen molar-refractivity contribution in [2.24, 2.45) is 0 Å². The molecule has 0 aromatic carbocycles. The van der Waals surface area contributed by atoms with Crippen molar-refractivity contribution in [2.75, 3.05) is 0 Å². The van der Waals surface area contributed by atoms with Gasteiger partial charge in [-0.25, -0.2) is 0 Å². The topological polar surface area (TPSA) is 65.2 Å². The van der Waals surface area contributed by atoms with Crippen molar-refractivity contribution >= 4 is 46.2 Å². The lowest BCUT2D eigenvalue weighted by Crippen LogP contribution is -2.44. The minimum absolute atomic E-state index is 0.190. The number of amides is 2. The predicted octanol–water partition coefficient (Wildman–Crippen LogP) is 2.44. The summed E-state index contributed by atoms with van der Waals surface area (Å²) in [6.45, 7) is 2.01. The summed E-state index contributed by atoms with van der Waals surface area (Å²) in [5.74, 6) is -0.483. The standard InChI is InChI=1S/C13H15N3O2S2/c1-2-3-6-11(17)15-16-12(18)10(20-13(16)19)8-9-5-4-7-14-9/h4-5,7-8,14H,2-3,6H2,1H3,(H,15,17)/b10-8-. The van der Waals surface area contributed by atoms with E-state index in [2.05, 4.69) is 10.4 Å². The van der Waals surface area contributed by atoms with Crippen LogP contribution in [0.3, 0.4) is 0 Å². The van der Waals surface area contributed by atoms with Gasteiger partial charge in [0.05, 0.1) is 4.91 Å². The number of aromatic amines is 1. The smallest absolute Gasteiger partial charge is 0.285 e. The Labute approximate surface area is 126 Å². The van der Waals surface area contributed by atoms with Crippen molar-refractivity contribution in [2.45, 2.75) is 26.2 Å². The lowest BCUT2D eigenvalue weighted by Gasteiger charge is -2.15. The quantitative estimate of drug-likeness (QED) is 0.648. The first-order chi connectivity index (χ1) is 9.61. The predicted molar refractivity (Wildman–Crippen MR) is 83.5 cm³/mol. The molecule has 0 atom stereocenters. The number of thioether (sulfide) groups is 1. The highest BCUT2D eigenvalue weighted by atomic mass is 32.2. The van der Waals surface area contributed by atoms with E-state index in [4.69, 9.17) is 12.2 Å². The van der Waals surface area contributed by atoms with Crippen molar-refractivity contribution in [1.82, 2.24) is 15.4 Å². The second kappa shape index (κ2) is 6.71. The van der Waals surface area contributed by atoms with Gasteiger partial charge >= 0.3 is 0 Å². The molecule has 20 heavy (non-hydrogen) atoms. The molecule has 2 amide bonds. The van der Waals surface area contributed by atoms with E-state index < -0.39 is 0 Å². The first-order valence-electron chi connectivity index (χ1n) is 6.32. The van der Waals surface area contributed by atoms with E-state index in [0.29, 0.717) is 15.6 Å². The Morgan fingerprint density at radius 1 is 1.60 bits per heavy atom. The van der Waals surface area contributed by atoms with Crippen molar-refractivity contribution in [3.63, 3.8) is 0 Å². The number of carbonyl (C=O) groups excluding carboxylic acids is 2. The van der Waals surface area contributed by atoms with E-state index in [-0.39, 0.29) is 11.8 Å². The van der Waals surface area contributed by atoms with Crippen LogP contribution in [0, 0.1) is 0 Å². The third kappa shape index (κ3) is 3.49. The lowest BCUT2D eigenvalue weighted by atomic mass is 10.2. The molecule has 0 radical (unpaired) electrons. The van der Waals surface area contributed by atoms with Crippen molar-refractivity contribution in [3.8, 4) is 0 Å². The maximum absolute atomic E-state index is 12.2. The Bertz CT molecular complexity index is 552. The molecule has 7 heteroatoms. The number of carbonyl (C=O) groups is 2. The van der Waals surface area contributed by atoms with Crippen LogP contribution in [0.5, 0.6) is 0 Å². The summed E-state index contributed by atoms with van der Waals surface area (Å²) >= 11 is 6.30. The van der Waals surface area contributed by atoms with Crippen LogP contribution in [0.2, 0.25) is 0 Å². The highest BCUT2D eigenvalue weighted by molar-refractivity contribution is 8.26. The molecule has 2 heterocycles. The summed E-state index contributed by atoms with van der Waals surface area (Å²) in [6.07, 6.45) is 5.61. The molecule has 1 fully saturated rings. The van der Waals surface area contributed by atoms with Crippen LogP contribution < -0.4 is 5.43 Å². The summed E-state index contributed by atoms with van der Waals surface area (Å²) < 4.78 is 0.345. The molecule has 2 N–H and O–H groups in total. The van der Waals surface area contributed by atoms with E-state index in [1.165, 1.54) is 11.8 Å². The number of hydrogen-bond acceptors (Lipinski definition) is 4. The van der Waals surface area contributed by atoms with E-state index in [9.17, 15) is 9.59 Å². The Morgan fingerprint density at radius 2 is 2.40 bits per heavy atom. The zero-order valence-electron chi connectivity index (χ0n) is 11.0. The molecule has 2 rings (SSSR count). The lowest BCUT2D eigenvalue weighted by molar-refractivity contribution is -0.133. The monoisotopic (exact) mass is 309 g/mol. The van der Waals surface area contributed by atoms with Gasteiger partial charge in [0.2, 0.25) is 5.91 Å². The number of hydrazine groups is 1. The van der Waals surface area contributed by atoms with E-state index in [1.54, 1.807) is 12.3 Å². The van der Waals surface area contributed by atoms with Crippen LogP contribution in [0.1, 0.15) is 31.9 Å². The summed E-state index contributed by atoms with van der Waals surface area (Å²) in [4.78, 5) is 27.3. The second-order valence-corrected chi connectivity index (χ2v) is 5.96. The van der Waals surface area contributed by atoms with Crippen LogP contribution in [0.4, 0.5) is 0 Å². The van der Waals surface area contributed by atoms with Gasteiger partial charge in [-0.3, -0.25) is 15.0 Å². The van der Waals surface area contributed by atoms with Gasteiger partial charge in [0.15, 0.2) is 4.32 Å². The maximum atomic E-state index is 12.2. The molecule has 0 saturated carbocycles. The van der Waals surface area contributed by atoms with Crippen LogP contribution in [0.25, 0.3) is 6.08 Å². The van der Waals surface area contributed by atoms with Crippen LogP contribution in [-0.2, 0) is 9.59 Å². The van der Waals surface area contributed by atoms with Crippen molar-refractivity contribution < 1.29 is 9.59 Å². The zero-order chi connectivity index (χ0) is 14.5. The van der Waals surface area contributed by atoms with Gasteiger partial charge in [-0.05, 0) is 36.8 Å². The molecule has 1 aromatic rings. The fourth-order valence-electron chi connectivity index (χ4n) is 1.66. The molecule has 0 spiro atoms. The van der Waals surface area contributed by atoms with Crippen LogP contribution in [-0.4, -0.2) is 26.1 Å². The maximum Gasteiger partial charge on any atom is 0.285 e. The number of nitrogens with one attached hydrogen (secondary N) is 2. The van der Waals surface area contributed by atoms with Crippen molar-refractivity contribution in [3.05, 3.63) is 28.9 Å². The molecule has 1 saturated heterocycles. The molecule has 1 aliphatic heterocycles. The molecule has 5 nitrogen and oxygen atoms in total. The van der Waals surface area contributed by atoms with Crippen LogP contribution >= 0.6 is 24.0 Å². The highest BCUT2D eigenvalue weighted by Gasteiger charge is 2.33. The van der Waals surface area contributed by atoms with Gasteiger partial charge in [0.1, 0.15) is 0 Å². The highest BCUT2D eigenvalue weighted by Crippen LogP contribution is 2.31. The number of nitrogens with zero attached hydrogens (tertiary/aromatic N) is 1. The van der Waals surface area contributed by atoms with Gasteiger partial charge in [-0.1, -0.05) is 25.1 Å². The molecular weight excluding hydrogens is 294 g/mol. The zero-order valence-corrected chi connectivity index (χ0v) is 12.6. The number of rotatable bonds is 5. The summed E-state index contributed by atoms with van der Waals surface area (Å²) in [6, 6.07) is 3.70. The Morgan fingerprint density at radius 3 is 3.05 bits per heavy atom. The summed E-state index contributed by atoms with van der Waals surface area (Å²) in [7, 11) is 0. The molecule has 1 aromatic heterocycles. The third-order valence-electron chi connectivity index (χ3n) is 2.70. The molecule has 0 bridgehead atoms. The van der Waals surface area contributed by atoms with Gasteiger partial charge in [0, 0.05) is 18.3 Å². The fourth-order valence-corrected chi connectivity index (χ4v) is 2.83. The number of aromatic nitrogens is 1. The average Bonchev–Trinajstić information content (AvgIpc) is 3.01. The van der Waals surface area contributed by atoms with Gasteiger partial charge < -0.3 is 4.98 Å². The van der Waals surface area contributed by atoms with Crippen molar-refractivity contribution in [1.29, 1.82) is 0 Å². The van der Waals surface area contributed by atoms with E-state index >= 15 is 0 Å². The Kier molecular flexibility index (Phi) is 4.97. The first kappa shape index (κ1) is 14.8. The molecule has 106 valence electrons. The fraction of sp³-hybridized carbons (Fsp3) is 0.308. The summed E-state index contributed by atoms with van der Waals surface area (Å²) in [5.41, 5.74) is 3.38. The van der Waals surface area contributed by atoms with Gasteiger partial charge in [-0.15, -0.1) is 0 Å². The molecule has 1 aliphatic rings. The first-order valence-corrected chi connectivity index (χ1v) is 7.55. The molecule has 0 unspecified atom stereocenters. The van der Waals surface area contributed by atoms with Gasteiger partial charge in [0.25, 0.3) is 5.91 Å². The SMILES string of the molecule is CCCCC(=O)NN1C(=O)/C(=C/c2ccc[nH]2)SC1=S. The molecular formula is C13H15N3O2S2. The number of unbranched alkanes of at least 4 members (excludes halogenated alkanes) is 1. The van der Waals surface area contributed by atoms with Gasteiger partial charge in [-0.2, -0.15) is 5.01 Å². The van der Waals surface area contributed by atoms with Crippen LogP contribution in [0.15, 0.2) is 23.2 Å². The number of thiocarbonyl (C=S) groups is 1. The number of hydrogen-bond donors (Lipinski definition) is 2. The second-order valence-electron chi connectivity index (χ2n) is 4.28. The van der Waals surface area contributed by atoms with E-state index in [0.717, 1.165) is 23.5 Å². The normalized spacial score (nSPS) is 17.1. The summed E-state index contributed by atoms with van der Waals surface area (Å²) in [5, 5.41) is 1.15. The largest absolute Gasteiger partial charge is 0.362 e. The third-order valence-corrected chi connectivity index (χ3v) is 4.00. The van der Waals surface area contributed by atoms with E-state index in [1.807, 2.05) is 19.1 Å². The molecule has 0 aliphatic carbocycles. The Hall–Kier alpha value is -1.60. The minimum Gasteiger partial charge on any atom is -0.362 e.